The predicted molar refractivity (Wildman–Crippen MR) is 95.3 cm³/mol. The number of ether oxygens (including phenoxy) is 1. The molecule has 0 N–H and O–H groups in total. The summed E-state index contributed by atoms with van der Waals surface area (Å²) in [5.41, 5.74) is 3.01. The number of anilines is 1. The molecular weight excluding hydrogens is 316 g/mol. The van der Waals surface area contributed by atoms with Crippen LogP contribution in [0.4, 0.5) is 5.82 Å². The predicted octanol–water partition coefficient (Wildman–Crippen LogP) is 2.58. The number of aryl methyl sites for hydroxylation is 2. The summed E-state index contributed by atoms with van der Waals surface area (Å²) in [6.45, 7) is 2.39. The Morgan fingerprint density at radius 1 is 1.40 bits per heavy atom. The zero-order valence-electron chi connectivity index (χ0n) is 14.6. The maximum Gasteiger partial charge on any atom is 0.228 e. The third-order valence-electron chi connectivity index (χ3n) is 5.13. The van der Waals surface area contributed by atoms with Gasteiger partial charge in [-0.3, -0.25) is 14.4 Å². The molecule has 0 bridgehead atoms. The largest absolute Gasteiger partial charge is 0.381 e. The molecule has 132 valence electrons. The average Bonchev–Trinajstić information content (AvgIpc) is 3.30. The normalized spacial score (nSPS) is 19.9. The second-order valence-electron chi connectivity index (χ2n) is 7.00. The van der Waals surface area contributed by atoms with Gasteiger partial charge in [-0.25, -0.2) is 4.98 Å². The van der Waals surface area contributed by atoms with Crippen LogP contribution in [0.2, 0.25) is 0 Å². The van der Waals surface area contributed by atoms with Gasteiger partial charge in [0.2, 0.25) is 5.91 Å². The van der Waals surface area contributed by atoms with Crippen molar-refractivity contribution in [3.8, 4) is 11.3 Å². The van der Waals surface area contributed by atoms with Gasteiger partial charge in [-0.2, -0.15) is 5.10 Å². The lowest BCUT2D eigenvalue weighted by Gasteiger charge is -2.29. The molecule has 2 aliphatic rings. The van der Waals surface area contributed by atoms with Crippen molar-refractivity contribution in [3.63, 3.8) is 0 Å². The number of hydrogen-bond acceptors (Lipinski definition) is 4. The monoisotopic (exact) mass is 340 g/mol. The molecule has 0 radical (unpaired) electrons. The molecule has 0 spiro atoms. The van der Waals surface area contributed by atoms with Crippen LogP contribution in [0.1, 0.15) is 31.2 Å². The number of amides is 1. The third-order valence-corrected chi connectivity index (χ3v) is 5.13. The lowest BCUT2D eigenvalue weighted by Crippen LogP contribution is -2.36. The third kappa shape index (κ3) is 3.44. The summed E-state index contributed by atoms with van der Waals surface area (Å²) in [6.07, 6.45) is 8.30. The van der Waals surface area contributed by atoms with Crippen LogP contribution in [0.15, 0.2) is 24.5 Å². The molecule has 1 amide bonds. The molecule has 25 heavy (non-hydrogen) atoms. The fourth-order valence-corrected chi connectivity index (χ4v) is 3.67. The first-order chi connectivity index (χ1) is 12.2. The highest BCUT2D eigenvalue weighted by atomic mass is 16.5. The van der Waals surface area contributed by atoms with E-state index < -0.39 is 0 Å². The van der Waals surface area contributed by atoms with E-state index in [2.05, 4.69) is 11.2 Å². The number of fused-ring (bicyclic) bond motifs is 1. The molecule has 0 aliphatic carbocycles. The number of carbonyl (C=O) groups is 1. The fraction of sp³-hybridized carbons (Fsp3) is 0.526. The van der Waals surface area contributed by atoms with Crippen LogP contribution in [0, 0.1) is 5.92 Å². The second kappa shape index (κ2) is 6.96. The summed E-state index contributed by atoms with van der Waals surface area (Å²) in [7, 11) is 1.89. The van der Waals surface area contributed by atoms with E-state index >= 15 is 0 Å². The Bertz CT molecular complexity index is 765. The van der Waals surface area contributed by atoms with Gasteiger partial charge in [0.1, 0.15) is 5.82 Å². The summed E-state index contributed by atoms with van der Waals surface area (Å²) in [6, 6.07) is 4.13. The maximum atomic E-state index is 12.8. The summed E-state index contributed by atoms with van der Waals surface area (Å²) in [5, 5.41) is 4.22. The number of hydrogen-bond donors (Lipinski definition) is 0. The summed E-state index contributed by atoms with van der Waals surface area (Å²) in [5.74, 6) is 1.55. The Morgan fingerprint density at radius 2 is 2.32 bits per heavy atom. The molecule has 0 saturated carbocycles. The van der Waals surface area contributed by atoms with Crippen molar-refractivity contribution >= 4 is 11.7 Å². The zero-order valence-corrected chi connectivity index (χ0v) is 14.6. The van der Waals surface area contributed by atoms with Crippen molar-refractivity contribution in [1.29, 1.82) is 0 Å². The zero-order chi connectivity index (χ0) is 17.2. The van der Waals surface area contributed by atoms with Gasteiger partial charge in [-0.15, -0.1) is 0 Å². The number of nitrogens with zero attached hydrogens (tertiary/aromatic N) is 4. The summed E-state index contributed by atoms with van der Waals surface area (Å²) >= 11 is 0. The lowest BCUT2D eigenvalue weighted by atomic mass is 10.0. The Kier molecular flexibility index (Phi) is 4.53. The summed E-state index contributed by atoms with van der Waals surface area (Å²) < 4.78 is 7.18. The Morgan fingerprint density at radius 3 is 3.08 bits per heavy atom. The van der Waals surface area contributed by atoms with Crippen LogP contribution in [-0.4, -0.2) is 40.4 Å². The van der Waals surface area contributed by atoms with E-state index in [-0.39, 0.29) is 5.91 Å². The van der Waals surface area contributed by atoms with Gasteiger partial charge in [0, 0.05) is 45.0 Å². The van der Waals surface area contributed by atoms with Crippen molar-refractivity contribution in [2.24, 2.45) is 13.0 Å². The van der Waals surface area contributed by atoms with Crippen LogP contribution in [0.5, 0.6) is 0 Å². The molecule has 6 nitrogen and oxygen atoms in total. The van der Waals surface area contributed by atoms with Gasteiger partial charge in [-0.05, 0) is 43.2 Å². The maximum absolute atomic E-state index is 12.8. The Hall–Kier alpha value is -2.21. The highest BCUT2D eigenvalue weighted by Crippen LogP contribution is 2.30. The number of rotatable bonds is 4. The van der Waals surface area contributed by atoms with Crippen molar-refractivity contribution in [3.05, 3.63) is 30.1 Å². The van der Waals surface area contributed by atoms with Crippen LogP contribution >= 0.6 is 0 Å². The molecule has 2 aromatic rings. The van der Waals surface area contributed by atoms with Crippen molar-refractivity contribution in [1.82, 2.24) is 14.8 Å². The molecule has 1 saturated heterocycles. The van der Waals surface area contributed by atoms with Crippen molar-refractivity contribution < 1.29 is 9.53 Å². The van der Waals surface area contributed by atoms with Crippen molar-refractivity contribution in [2.75, 3.05) is 24.7 Å². The van der Waals surface area contributed by atoms with E-state index in [0.717, 1.165) is 68.1 Å². The van der Waals surface area contributed by atoms with Crippen LogP contribution in [0.25, 0.3) is 11.3 Å². The first-order valence-electron chi connectivity index (χ1n) is 9.08. The van der Waals surface area contributed by atoms with E-state index in [1.165, 1.54) is 0 Å². The topological polar surface area (TPSA) is 60.2 Å². The molecule has 6 heteroatoms. The van der Waals surface area contributed by atoms with E-state index in [9.17, 15) is 4.79 Å². The fourth-order valence-electron chi connectivity index (χ4n) is 3.67. The Labute approximate surface area is 147 Å². The standard InChI is InChI=1S/C19H24N4O2/c1-22-12-16(11-20-22)17-6-5-15-3-2-9-23(19(15)21-17)18(24)7-4-14-8-10-25-13-14/h5-6,11-12,14H,2-4,7-10,13H2,1H3. The van der Waals surface area contributed by atoms with Gasteiger partial charge in [-0.1, -0.05) is 6.07 Å². The molecule has 1 unspecified atom stereocenters. The van der Waals surface area contributed by atoms with Gasteiger partial charge < -0.3 is 4.74 Å². The van der Waals surface area contributed by atoms with Gasteiger partial charge in [0.25, 0.3) is 0 Å². The first kappa shape index (κ1) is 16.3. The summed E-state index contributed by atoms with van der Waals surface area (Å²) in [4.78, 5) is 19.5. The minimum absolute atomic E-state index is 0.184. The lowest BCUT2D eigenvalue weighted by molar-refractivity contribution is -0.119. The van der Waals surface area contributed by atoms with Crippen LogP contribution in [-0.2, 0) is 23.0 Å². The highest BCUT2D eigenvalue weighted by Gasteiger charge is 2.26. The van der Waals surface area contributed by atoms with Gasteiger partial charge in [0.15, 0.2) is 0 Å². The van der Waals surface area contributed by atoms with E-state index in [1.54, 1.807) is 4.68 Å². The number of carbonyl (C=O) groups excluding carboxylic acids is 1. The van der Waals surface area contributed by atoms with E-state index in [0.29, 0.717) is 12.3 Å². The molecule has 0 aromatic carbocycles. The quantitative estimate of drug-likeness (QED) is 0.858. The second-order valence-corrected chi connectivity index (χ2v) is 7.00. The molecule has 2 aliphatic heterocycles. The van der Waals surface area contributed by atoms with Crippen molar-refractivity contribution in [2.45, 2.75) is 32.1 Å². The highest BCUT2D eigenvalue weighted by molar-refractivity contribution is 5.93. The van der Waals surface area contributed by atoms with E-state index in [1.807, 2.05) is 30.4 Å². The van der Waals surface area contributed by atoms with Gasteiger partial charge in [0.05, 0.1) is 11.9 Å². The van der Waals surface area contributed by atoms with Gasteiger partial charge >= 0.3 is 0 Å². The SMILES string of the molecule is Cn1cc(-c2ccc3c(n2)N(C(=O)CCC2CCOC2)CCC3)cn1. The first-order valence-corrected chi connectivity index (χ1v) is 9.08. The molecule has 2 aromatic heterocycles. The van der Waals surface area contributed by atoms with Crippen LogP contribution in [0.3, 0.4) is 0 Å². The van der Waals surface area contributed by atoms with E-state index in [4.69, 9.17) is 9.72 Å². The Balaban J connectivity index is 1.54. The molecule has 4 heterocycles. The minimum Gasteiger partial charge on any atom is -0.381 e. The minimum atomic E-state index is 0.184. The molecule has 1 atom stereocenters. The molecule has 4 rings (SSSR count). The van der Waals surface area contributed by atoms with Crippen LogP contribution < -0.4 is 4.90 Å². The number of aromatic nitrogens is 3. The average molecular weight is 340 g/mol. The smallest absolute Gasteiger partial charge is 0.228 e. The number of pyridine rings is 1. The molecule has 1 fully saturated rings. The molecular formula is C19H24N4O2.